The van der Waals surface area contributed by atoms with Gasteiger partial charge in [-0.25, -0.2) is 0 Å². The quantitative estimate of drug-likeness (QED) is 0.190. The van der Waals surface area contributed by atoms with Crippen LogP contribution in [0, 0.1) is 9.93 Å². The van der Waals surface area contributed by atoms with E-state index in [1.54, 1.807) is 0 Å². The fraction of sp³-hybridized carbons (Fsp3) is 0.788. The van der Waals surface area contributed by atoms with Crippen molar-refractivity contribution in [3.63, 3.8) is 0 Å². The monoisotopic (exact) mass is 597 g/mol. The van der Waals surface area contributed by atoms with Crippen LogP contribution in [0.1, 0.15) is 102 Å². The molecule has 0 N–H and O–H groups in total. The highest BCUT2D eigenvalue weighted by atomic mass is 32.1. The Balaban J connectivity index is 0. The molecule has 234 valence electrons. The number of thiocarbonyl (C=S) groups is 1. The summed E-state index contributed by atoms with van der Waals surface area (Å²) in [5.41, 5.74) is 4.88. The zero-order valence-electron chi connectivity index (χ0n) is 28.8. The topological polar surface area (TPSA) is 36.0 Å². The van der Waals surface area contributed by atoms with Crippen LogP contribution in [0.4, 0.5) is 5.69 Å². The molecule has 40 heavy (non-hydrogen) atoms. The Labute approximate surface area is 259 Å². The largest absolute Gasteiger partial charge is 0.378 e. The Bertz CT molecular complexity index is 956. The van der Waals surface area contributed by atoms with E-state index in [-0.39, 0.29) is 16.3 Å². The molecule has 1 aliphatic rings. The van der Waals surface area contributed by atoms with Gasteiger partial charge in [-0.15, -0.1) is 0 Å². The third kappa shape index (κ3) is 13.8. The van der Waals surface area contributed by atoms with Crippen LogP contribution >= 0.6 is 24.4 Å². The van der Waals surface area contributed by atoms with Crippen molar-refractivity contribution in [3.05, 3.63) is 31.4 Å². The Hall–Kier alpha value is -0.990. The molecule has 5 nitrogen and oxygen atoms in total. The minimum absolute atomic E-state index is 0.00515. The summed E-state index contributed by atoms with van der Waals surface area (Å²) in [4.78, 5) is 19.8. The zero-order chi connectivity index (χ0) is 31.8. The predicted molar refractivity (Wildman–Crippen MR) is 186 cm³/mol. The molecule has 0 aliphatic heterocycles. The van der Waals surface area contributed by atoms with Crippen molar-refractivity contribution in [2.24, 2.45) is 5.41 Å². The summed E-state index contributed by atoms with van der Waals surface area (Å²) in [6, 6.07) is 0. The van der Waals surface area contributed by atoms with E-state index in [0.29, 0.717) is 17.7 Å². The Morgan fingerprint density at radius 1 is 0.800 bits per heavy atom. The van der Waals surface area contributed by atoms with Crippen LogP contribution in [0.15, 0.2) is 15.9 Å². The van der Waals surface area contributed by atoms with Gasteiger partial charge in [0.1, 0.15) is 0 Å². The van der Waals surface area contributed by atoms with Crippen LogP contribution in [-0.2, 0) is 10.2 Å². The number of rotatable bonds is 11. The van der Waals surface area contributed by atoms with E-state index in [2.05, 4.69) is 93.0 Å². The first-order valence-electron chi connectivity index (χ1n) is 15.2. The first kappa shape index (κ1) is 41.1. The third-order valence-electron chi connectivity index (χ3n) is 7.00. The molecule has 0 spiro atoms. The Kier molecular flexibility index (Phi) is 20.6. The summed E-state index contributed by atoms with van der Waals surface area (Å²) < 4.78 is 6.19. The van der Waals surface area contributed by atoms with E-state index >= 15 is 0 Å². The lowest BCUT2D eigenvalue weighted by molar-refractivity contribution is 0.112. The van der Waals surface area contributed by atoms with Crippen molar-refractivity contribution in [2.45, 2.75) is 102 Å². The van der Waals surface area contributed by atoms with Crippen LogP contribution in [-0.4, -0.2) is 81.2 Å². The van der Waals surface area contributed by atoms with Gasteiger partial charge in [-0.2, -0.15) is 0 Å². The first-order chi connectivity index (χ1) is 18.5. The van der Waals surface area contributed by atoms with E-state index in [0.717, 1.165) is 57.0 Å². The summed E-state index contributed by atoms with van der Waals surface area (Å²) >= 11 is 10.4. The van der Waals surface area contributed by atoms with Crippen LogP contribution in [0.3, 0.4) is 0 Å². The zero-order valence-corrected chi connectivity index (χ0v) is 30.5. The van der Waals surface area contributed by atoms with Crippen molar-refractivity contribution in [1.29, 1.82) is 0 Å². The lowest BCUT2D eigenvalue weighted by Crippen LogP contribution is -2.36. The molecule has 0 bridgehead atoms. The van der Waals surface area contributed by atoms with Gasteiger partial charge < -0.3 is 19.4 Å². The van der Waals surface area contributed by atoms with Gasteiger partial charge in [-0.1, -0.05) is 113 Å². The molecule has 0 saturated heterocycles. The molecular weight excluding hydrogens is 535 g/mol. The normalized spacial score (nSPS) is 13.3. The molecule has 0 unspecified atom stereocenters. The maximum atomic E-state index is 12.0. The predicted octanol–water partition coefficient (Wildman–Crippen LogP) is 7.85. The molecule has 1 aromatic carbocycles. The van der Waals surface area contributed by atoms with Crippen molar-refractivity contribution in [1.82, 2.24) is 9.80 Å². The molecule has 1 aromatic rings. The van der Waals surface area contributed by atoms with Gasteiger partial charge in [0.25, 0.3) is 0 Å². The number of allylic oxidation sites excluding steroid dienone is 2. The van der Waals surface area contributed by atoms with Crippen molar-refractivity contribution < 1.29 is 4.74 Å². The maximum absolute atomic E-state index is 12.0. The van der Waals surface area contributed by atoms with Crippen molar-refractivity contribution in [3.8, 4) is 0 Å². The third-order valence-corrected chi connectivity index (χ3v) is 7.73. The fourth-order valence-electron chi connectivity index (χ4n) is 4.42. The van der Waals surface area contributed by atoms with E-state index in [9.17, 15) is 4.79 Å². The molecule has 0 atom stereocenters. The molecule has 0 aromatic heterocycles. The van der Waals surface area contributed by atoms with Crippen LogP contribution in [0.2, 0.25) is 0 Å². The van der Waals surface area contributed by atoms with Gasteiger partial charge in [0.2, 0.25) is 5.43 Å². The van der Waals surface area contributed by atoms with Crippen molar-refractivity contribution in [2.75, 3.05) is 71.5 Å². The van der Waals surface area contributed by atoms with Crippen LogP contribution in [0.5, 0.6) is 0 Å². The number of ether oxygens (including phenoxy) is 1. The van der Waals surface area contributed by atoms with Crippen molar-refractivity contribution >= 4 is 35.0 Å². The molecular formula is C33H63N3O2S2. The SMILES string of the molecule is CC.CC1=C(C(C)(C)C)C(=S)C1.CCN(C)CC.CCN(CC)CCOCCN(C)c1c(C(C)(C)C)c(=S)c1=O. The molecule has 2 rings (SSSR count). The number of anilines is 1. The molecule has 0 radical (unpaired) electrons. The van der Waals surface area contributed by atoms with Crippen LogP contribution in [0.25, 0.3) is 0 Å². The minimum Gasteiger partial charge on any atom is -0.378 e. The van der Waals surface area contributed by atoms with E-state index in [1.165, 1.54) is 16.0 Å². The first-order valence-corrected chi connectivity index (χ1v) is 16.1. The molecule has 1 aliphatic carbocycles. The highest BCUT2D eigenvalue weighted by Gasteiger charge is 2.30. The standard InChI is InChI=1S/C17H30N2O2S.C9H14S.C5H13N.C2H6/c1-7-19(8-2)10-12-21-11-9-18(6)14-13(17(3,4)5)16(22)15(14)20;1-6-5-7(10)8(6)9(2,3)4;1-4-6(3)5-2;1-2/h7-12H2,1-6H3;5H2,1-4H3;4-5H2,1-3H3;1-2H3. The number of likely N-dealkylation sites (N-methyl/N-ethyl adjacent to an activating group) is 2. The second-order valence-corrected chi connectivity index (χ2v) is 13.1. The Morgan fingerprint density at radius 2 is 1.27 bits per heavy atom. The molecule has 0 saturated carbocycles. The number of hydrogen-bond donors (Lipinski definition) is 0. The second kappa shape index (κ2) is 20.0. The summed E-state index contributed by atoms with van der Waals surface area (Å²) in [6.07, 6.45) is 1.06. The average Bonchev–Trinajstić information content (AvgIpc) is 2.87. The lowest BCUT2D eigenvalue weighted by Gasteiger charge is -2.33. The van der Waals surface area contributed by atoms with Gasteiger partial charge >= 0.3 is 0 Å². The number of nitrogens with zero attached hydrogens (tertiary/aromatic N) is 3. The summed E-state index contributed by atoms with van der Waals surface area (Å²) in [5.74, 6) is 0. The lowest BCUT2D eigenvalue weighted by atomic mass is 9.73. The Morgan fingerprint density at radius 3 is 1.57 bits per heavy atom. The summed E-state index contributed by atoms with van der Waals surface area (Å²) in [6.45, 7) is 35.2. The fourth-order valence-corrected chi connectivity index (χ4v) is 5.62. The highest BCUT2D eigenvalue weighted by molar-refractivity contribution is 7.81. The summed E-state index contributed by atoms with van der Waals surface area (Å²) in [5, 5.41) is 0. The average molecular weight is 598 g/mol. The van der Waals surface area contributed by atoms with Crippen LogP contribution < -0.4 is 10.3 Å². The van der Waals surface area contributed by atoms with Gasteiger partial charge in [0.15, 0.2) is 0 Å². The molecule has 7 heteroatoms. The van der Waals surface area contributed by atoms with Gasteiger partial charge in [0, 0.05) is 37.0 Å². The summed E-state index contributed by atoms with van der Waals surface area (Å²) in [7, 11) is 4.05. The van der Waals surface area contributed by atoms with Gasteiger partial charge in [-0.3, -0.25) is 4.79 Å². The van der Waals surface area contributed by atoms with Gasteiger partial charge in [-0.05, 0) is 56.6 Å². The smallest absolute Gasteiger partial charge is 0.220 e. The molecule has 0 heterocycles. The maximum Gasteiger partial charge on any atom is 0.220 e. The van der Waals surface area contributed by atoms with E-state index in [4.69, 9.17) is 29.2 Å². The highest BCUT2D eigenvalue weighted by Crippen LogP contribution is 2.38. The van der Waals surface area contributed by atoms with E-state index in [1.807, 2.05) is 25.8 Å². The molecule has 0 amide bonds. The minimum atomic E-state index is -0.0851. The second-order valence-electron chi connectivity index (χ2n) is 12.2. The number of hydrogen-bond acceptors (Lipinski definition) is 7. The molecule has 0 fully saturated rings. The van der Waals surface area contributed by atoms with Gasteiger partial charge in [0.05, 0.1) is 23.4 Å². The van der Waals surface area contributed by atoms with E-state index < -0.39 is 0 Å².